The smallest absolute Gasteiger partial charge is 0.128 e. The molecule has 3 nitrogen and oxygen atoms in total. The highest BCUT2D eigenvalue weighted by molar-refractivity contribution is 5.36. The van der Waals surface area contributed by atoms with Gasteiger partial charge in [0.25, 0.3) is 0 Å². The van der Waals surface area contributed by atoms with Gasteiger partial charge in [0.15, 0.2) is 0 Å². The summed E-state index contributed by atoms with van der Waals surface area (Å²) in [5.41, 5.74) is 4.77. The predicted molar refractivity (Wildman–Crippen MR) is 74.1 cm³/mol. The Morgan fingerprint density at radius 1 is 1.37 bits per heavy atom. The van der Waals surface area contributed by atoms with Crippen molar-refractivity contribution >= 4 is 0 Å². The SMILES string of the molecule is Cc1cc(C)c(C(NN)C2(C)CCCCO2)c(F)c1. The number of nitrogens with one attached hydrogen (secondary N) is 1. The number of hydrogen-bond acceptors (Lipinski definition) is 3. The maximum absolute atomic E-state index is 14.3. The summed E-state index contributed by atoms with van der Waals surface area (Å²) in [6, 6.07) is 3.21. The molecule has 0 aliphatic carbocycles. The molecule has 0 radical (unpaired) electrons. The maximum Gasteiger partial charge on any atom is 0.128 e. The number of hydrogen-bond donors (Lipinski definition) is 2. The summed E-state index contributed by atoms with van der Waals surface area (Å²) in [5.74, 6) is 5.49. The second-order valence-corrected chi connectivity index (χ2v) is 5.70. The van der Waals surface area contributed by atoms with E-state index in [4.69, 9.17) is 10.6 Å². The zero-order valence-corrected chi connectivity index (χ0v) is 11.9. The highest BCUT2D eigenvalue weighted by atomic mass is 19.1. The van der Waals surface area contributed by atoms with Crippen molar-refractivity contribution in [2.75, 3.05) is 6.61 Å². The Bertz CT molecular complexity index is 432. The molecule has 0 saturated carbocycles. The lowest BCUT2D eigenvalue weighted by atomic mass is 9.82. The first kappa shape index (κ1) is 14.4. The van der Waals surface area contributed by atoms with Crippen molar-refractivity contribution in [3.8, 4) is 0 Å². The molecule has 1 fully saturated rings. The van der Waals surface area contributed by atoms with E-state index >= 15 is 0 Å². The van der Waals surface area contributed by atoms with Crippen LogP contribution in [0.5, 0.6) is 0 Å². The standard InChI is InChI=1S/C15H23FN2O/c1-10-8-11(2)13(12(16)9-10)14(18-17)15(3)6-4-5-7-19-15/h8-9,14,18H,4-7,17H2,1-3H3. The number of halogens is 1. The monoisotopic (exact) mass is 266 g/mol. The van der Waals surface area contributed by atoms with Gasteiger partial charge in [-0.3, -0.25) is 5.84 Å². The number of benzene rings is 1. The summed E-state index contributed by atoms with van der Waals surface area (Å²) in [7, 11) is 0. The Kier molecular flexibility index (Phi) is 4.23. The second kappa shape index (κ2) is 5.57. The number of ether oxygens (including phenoxy) is 1. The van der Waals surface area contributed by atoms with E-state index in [9.17, 15) is 4.39 Å². The Labute approximate surface area is 114 Å². The van der Waals surface area contributed by atoms with Gasteiger partial charge in [-0.25, -0.2) is 9.82 Å². The third-order valence-corrected chi connectivity index (χ3v) is 4.05. The van der Waals surface area contributed by atoms with E-state index in [0.717, 1.165) is 30.4 Å². The molecule has 1 aliphatic heterocycles. The Hall–Kier alpha value is -0.970. The number of hydrazine groups is 1. The van der Waals surface area contributed by atoms with Crippen molar-refractivity contribution in [3.05, 3.63) is 34.6 Å². The van der Waals surface area contributed by atoms with Crippen LogP contribution in [-0.4, -0.2) is 12.2 Å². The first-order chi connectivity index (χ1) is 8.98. The lowest BCUT2D eigenvalue weighted by molar-refractivity contribution is -0.0906. The van der Waals surface area contributed by atoms with E-state index in [0.29, 0.717) is 12.2 Å². The molecule has 1 aromatic carbocycles. The average Bonchev–Trinajstić information content (AvgIpc) is 2.34. The largest absolute Gasteiger partial charge is 0.373 e. The number of aryl methyl sites for hydroxylation is 2. The van der Waals surface area contributed by atoms with Gasteiger partial charge in [0.2, 0.25) is 0 Å². The third kappa shape index (κ3) is 2.81. The average molecular weight is 266 g/mol. The van der Waals surface area contributed by atoms with Crippen molar-refractivity contribution in [2.24, 2.45) is 5.84 Å². The minimum atomic E-state index is -0.451. The molecule has 2 rings (SSSR count). The Morgan fingerprint density at radius 3 is 2.63 bits per heavy atom. The maximum atomic E-state index is 14.3. The summed E-state index contributed by atoms with van der Waals surface area (Å²) in [4.78, 5) is 0. The molecule has 1 aliphatic rings. The molecule has 106 valence electrons. The zero-order valence-electron chi connectivity index (χ0n) is 11.9. The van der Waals surface area contributed by atoms with Gasteiger partial charge < -0.3 is 4.74 Å². The van der Waals surface area contributed by atoms with Crippen LogP contribution in [-0.2, 0) is 4.74 Å². The molecule has 4 heteroatoms. The number of rotatable bonds is 3. The van der Waals surface area contributed by atoms with E-state index in [-0.39, 0.29) is 11.9 Å². The van der Waals surface area contributed by atoms with Crippen LogP contribution < -0.4 is 11.3 Å². The lowest BCUT2D eigenvalue weighted by Gasteiger charge is -2.41. The highest BCUT2D eigenvalue weighted by Gasteiger charge is 2.39. The zero-order chi connectivity index (χ0) is 14.0. The van der Waals surface area contributed by atoms with Crippen LogP contribution in [0.2, 0.25) is 0 Å². The van der Waals surface area contributed by atoms with Crippen LogP contribution in [0.15, 0.2) is 12.1 Å². The Balaban J connectivity index is 2.42. The summed E-state index contributed by atoms with van der Waals surface area (Å²) >= 11 is 0. The molecule has 19 heavy (non-hydrogen) atoms. The first-order valence-corrected chi connectivity index (χ1v) is 6.84. The molecule has 0 spiro atoms. The van der Waals surface area contributed by atoms with E-state index in [1.807, 2.05) is 26.8 Å². The van der Waals surface area contributed by atoms with Crippen LogP contribution >= 0.6 is 0 Å². The van der Waals surface area contributed by atoms with Gasteiger partial charge in [-0.2, -0.15) is 0 Å². The normalized spacial score (nSPS) is 25.3. The van der Waals surface area contributed by atoms with Gasteiger partial charge in [-0.15, -0.1) is 0 Å². The fourth-order valence-electron chi connectivity index (χ4n) is 3.04. The molecule has 1 heterocycles. The van der Waals surface area contributed by atoms with Crippen molar-refractivity contribution in [1.29, 1.82) is 0 Å². The van der Waals surface area contributed by atoms with Gasteiger partial charge in [-0.1, -0.05) is 6.07 Å². The quantitative estimate of drug-likeness (QED) is 0.653. The van der Waals surface area contributed by atoms with Crippen molar-refractivity contribution in [1.82, 2.24) is 5.43 Å². The van der Waals surface area contributed by atoms with Crippen LogP contribution in [0.3, 0.4) is 0 Å². The minimum absolute atomic E-state index is 0.212. The molecular weight excluding hydrogens is 243 g/mol. The summed E-state index contributed by atoms with van der Waals surface area (Å²) in [6.07, 6.45) is 3.03. The predicted octanol–water partition coefficient (Wildman–Crippen LogP) is 2.91. The summed E-state index contributed by atoms with van der Waals surface area (Å²) in [6.45, 7) is 6.53. The number of nitrogens with two attached hydrogens (primary N) is 1. The fraction of sp³-hybridized carbons (Fsp3) is 0.600. The van der Waals surface area contributed by atoms with E-state index in [2.05, 4.69) is 5.43 Å². The van der Waals surface area contributed by atoms with Gasteiger partial charge in [-0.05, 0) is 57.2 Å². The minimum Gasteiger partial charge on any atom is -0.373 e. The molecule has 0 amide bonds. The molecule has 1 saturated heterocycles. The molecule has 0 bridgehead atoms. The highest BCUT2D eigenvalue weighted by Crippen LogP contribution is 2.38. The van der Waals surface area contributed by atoms with Crippen LogP contribution in [0, 0.1) is 19.7 Å². The van der Waals surface area contributed by atoms with Gasteiger partial charge in [0.05, 0.1) is 11.6 Å². The Morgan fingerprint density at radius 2 is 2.11 bits per heavy atom. The summed E-state index contributed by atoms with van der Waals surface area (Å²) < 4.78 is 20.2. The van der Waals surface area contributed by atoms with Crippen molar-refractivity contribution < 1.29 is 9.13 Å². The second-order valence-electron chi connectivity index (χ2n) is 5.70. The van der Waals surface area contributed by atoms with Gasteiger partial charge >= 0.3 is 0 Å². The van der Waals surface area contributed by atoms with Crippen molar-refractivity contribution in [2.45, 2.75) is 51.7 Å². The van der Waals surface area contributed by atoms with Crippen LogP contribution in [0.25, 0.3) is 0 Å². The molecule has 1 aromatic rings. The third-order valence-electron chi connectivity index (χ3n) is 4.05. The molecule has 2 unspecified atom stereocenters. The first-order valence-electron chi connectivity index (χ1n) is 6.84. The van der Waals surface area contributed by atoms with E-state index < -0.39 is 5.60 Å². The molecule has 2 atom stereocenters. The molecular formula is C15H23FN2O. The van der Waals surface area contributed by atoms with E-state index in [1.165, 1.54) is 0 Å². The summed E-state index contributed by atoms with van der Waals surface area (Å²) in [5, 5.41) is 0. The van der Waals surface area contributed by atoms with Crippen LogP contribution in [0.4, 0.5) is 4.39 Å². The lowest BCUT2D eigenvalue weighted by Crippen LogP contribution is -2.48. The van der Waals surface area contributed by atoms with Crippen LogP contribution in [0.1, 0.15) is 48.9 Å². The van der Waals surface area contributed by atoms with Gasteiger partial charge in [0, 0.05) is 12.2 Å². The van der Waals surface area contributed by atoms with E-state index in [1.54, 1.807) is 6.07 Å². The molecule has 0 aromatic heterocycles. The topological polar surface area (TPSA) is 47.3 Å². The van der Waals surface area contributed by atoms with Gasteiger partial charge in [0.1, 0.15) is 5.82 Å². The molecule has 3 N–H and O–H groups in total. The van der Waals surface area contributed by atoms with Crippen molar-refractivity contribution in [3.63, 3.8) is 0 Å². The fourth-order valence-corrected chi connectivity index (χ4v) is 3.04.